The van der Waals surface area contributed by atoms with Gasteiger partial charge < -0.3 is 10.6 Å². The van der Waals surface area contributed by atoms with Gasteiger partial charge in [0.1, 0.15) is 5.82 Å². The molecule has 0 saturated carbocycles. The number of aromatic nitrogens is 2. The summed E-state index contributed by atoms with van der Waals surface area (Å²) < 4.78 is 0. The van der Waals surface area contributed by atoms with E-state index >= 15 is 0 Å². The first-order valence-corrected chi connectivity index (χ1v) is 7.34. The van der Waals surface area contributed by atoms with Gasteiger partial charge in [0.25, 0.3) is 0 Å². The van der Waals surface area contributed by atoms with Crippen molar-refractivity contribution in [3.8, 4) is 0 Å². The minimum absolute atomic E-state index is 0.704. The molecule has 5 heteroatoms. The maximum absolute atomic E-state index is 4.45. The predicted octanol–water partition coefficient (Wildman–Crippen LogP) is 3.16. The van der Waals surface area contributed by atoms with Crippen LogP contribution in [-0.4, -0.2) is 23.3 Å². The Bertz CT molecular complexity index is 557. The number of benzene rings is 1. The quantitative estimate of drug-likeness (QED) is 0.648. The standard InChI is InChI=1S/C14H18N4S/c1-10-6-4-5-7-12(10)16-8-11-9-17-14(19-3)18-13(11)15-2/h4-7,9,16H,8H2,1-3H3,(H,15,17,18). The molecule has 100 valence electrons. The summed E-state index contributed by atoms with van der Waals surface area (Å²) in [5.74, 6) is 0.875. The molecule has 0 saturated heterocycles. The number of nitrogens with one attached hydrogen (secondary N) is 2. The van der Waals surface area contributed by atoms with Crippen LogP contribution in [0.3, 0.4) is 0 Å². The maximum atomic E-state index is 4.45. The Kier molecular flexibility index (Phi) is 4.63. The number of rotatable bonds is 5. The Morgan fingerprint density at radius 2 is 2.05 bits per heavy atom. The molecule has 0 fully saturated rings. The zero-order valence-electron chi connectivity index (χ0n) is 11.4. The van der Waals surface area contributed by atoms with Gasteiger partial charge in [0, 0.05) is 31.0 Å². The lowest BCUT2D eigenvalue weighted by Gasteiger charge is -2.12. The fourth-order valence-electron chi connectivity index (χ4n) is 1.80. The highest BCUT2D eigenvalue weighted by Gasteiger charge is 2.06. The van der Waals surface area contributed by atoms with Crippen molar-refractivity contribution in [2.24, 2.45) is 0 Å². The van der Waals surface area contributed by atoms with Gasteiger partial charge in [-0.2, -0.15) is 0 Å². The molecule has 0 spiro atoms. The molecule has 0 aliphatic heterocycles. The summed E-state index contributed by atoms with van der Waals surface area (Å²) in [4.78, 5) is 8.76. The van der Waals surface area contributed by atoms with E-state index in [9.17, 15) is 0 Å². The highest BCUT2D eigenvalue weighted by molar-refractivity contribution is 7.98. The van der Waals surface area contributed by atoms with Crippen molar-refractivity contribution in [1.29, 1.82) is 0 Å². The van der Waals surface area contributed by atoms with E-state index in [1.807, 2.05) is 31.6 Å². The molecular formula is C14H18N4S. The minimum Gasteiger partial charge on any atom is -0.381 e. The molecule has 0 bridgehead atoms. The van der Waals surface area contributed by atoms with Crippen LogP contribution >= 0.6 is 11.8 Å². The second kappa shape index (κ2) is 6.43. The predicted molar refractivity (Wildman–Crippen MR) is 81.9 cm³/mol. The lowest BCUT2D eigenvalue weighted by atomic mass is 10.2. The second-order valence-electron chi connectivity index (χ2n) is 4.15. The molecule has 0 amide bonds. The molecule has 4 nitrogen and oxygen atoms in total. The number of hydrogen-bond donors (Lipinski definition) is 2. The van der Waals surface area contributed by atoms with E-state index in [-0.39, 0.29) is 0 Å². The number of para-hydroxylation sites is 1. The average molecular weight is 274 g/mol. The molecule has 2 N–H and O–H groups in total. The zero-order chi connectivity index (χ0) is 13.7. The lowest BCUT2D eigenvalue weighted by molar-refractivity contribution is 0.933. The highest BCUT2D eigenvalue weighted by atomic mass is 32.2. The average Bonchev–Trinajstić information content (AvgIpc) is 2.46. The first-order valence-electron chi connectivity index (χ1n) is 6.11. The van der Waals surface area contributed by atoms with E-state index < -0.39 is 0 Å². The number of nitrogens with zero attached hydrogens (tertiary/aromatic N) is 2. The molecule has 1 heterocycles. The van der Waals surface area contributed by atoms with Crippen LogP contribution in [0.25, 0.3) is 0 Å². The fourth-order valence-corrected chi connectivity index (χ4v) is 2.14. The van der Waals surface area contributed by atoms with Crippen LogP contribution in [0.2, 0.25) is 0 Å². The number of hydrogen-bond acceptors (Lipinski definition) is 5. The van der Waals surface area contributed by atoms with Gasteiger partial charge in [-0.3, -0.25) is 0 Å². The van der Waals surface area contributed by atoms with Gasteiger partial charge in [0.2, 0.25) is 0 Å². The van der Waals surface area contributed by atoms with Crippen molar-refractivity contribution in [3.63, 3.8) is 0 Å². The first kappa shape index (κ1) is 13.7. The van der Waals surface area contributed by atoms with E-state index in [0.717, 1.165) is 22.2 Å². The maximum Gasteiger partial charge on any atom is 0.189 e. The number of anilines is 2. The van der Waals surface area contributed by atoms with Crippen molar-refractivity contribution in [1.82, 2.24) is 9.97 Å². The van der Waals surface area contributed by atoms with Crippen molar-refractivity contribution in [2.75, 3.05) is 23.9 Å². The first-order chi connectivity index (χ1) is 9.24. The molecule has 2 rings (SSSR count). The van der Waals surface area contributed by atoms with Crippen molar-refractivity contribution >= 4 is 23.3 Å². The summed E-state index contributed by atoms with van der Waals surface area (Å²) in [5, 5.41) is 7.31. The van der Waals surface area contributed by atoms with E-state index in [4.69, 9.17) is 0 Å². The molecule has 0 atom stereocenters. The fraction of sp³-hybridized carbons (Fsp3) is 0.286. The van der Waals surface area contributed by atoms with E-state index in [1.54, 1.807) is 11.8 Å². The largest absolute Gasteiger partial charge is 0.381 e. The Hall–Kier alpha value is -1.75. The third kappa shape index (κ3) is 3.38. The SMILES string of the molecule is CNc1nc(SC)ncc1CNc1ccccc1C. The number of aryl methyl sites for hydroxylation is 1. The summed E-state index contributed by atoms with van der Waals surface area (Å²) in [6.07, 6.45) is 3.84. The third-order valence-electron chi connectivity index (χ3n) is 2.88. The van der Waals surface area contributed by atoms with Crippen LogP contribution in [0.1, 0.15) is 11.1 Å². The van der Waals surface area contributed by atoms with Gasteiger partial charge in [-0.1, -0.05) is 30.0 Å². The normalized spacial score (nSPS) is 10.3. The van der Waals surface area contributed by atoms with E-state index in [1.165, 1.54) is 5.56 Å². The smallest absolute Gasteiger partial charge is 0.189 e. The number of thioether (sulfide) groups is 1. The molecule has 0 aliphatic carbocycles. The topological polar surface area (TPSA) is 49.8 Å². The molecule has 1 aromatic carbocycles. The van der Waals surface area contributed by atoms with Gasteiger partial charge in [0.05, 0.1) is 0 Å². The summed E-state index contributed by atoms with van der Waals surface area (Å²) in [5.41, 5.74) is 3.43. The monoisotopic (exact) mass is 274 g/mol. The summed E-state index contributed by atoms with van der Waals surface area (Å²) >= 11 is 1.54. The van der Waals surface area contributed by atoms with E-state index in [0.29, 0.717) is 6.54 Å². The summed E-state index contributed by atoms with van der Waals surface area (Å²) in [6.45, 7) is 2.80. The van der Waals surface area contributed by atoms with Crippen LogP contribution < -0.4 is 10.6 Å². The van der Waals surface area contributed by atoms with Gasteiger partial charge in [-0.25, -0.2) is 9.97 Å². The van der Waals surface area contributed by atoms with Gasteiger partial charge >= 0.3 is 0 Å². The van der Waals surface area contributed by atoms with Crippen LogP contribution in [0.15, 0.2) is 35.6 Å². The van der Waals surface area contributed by atoms with Crippen molar-refractivity contribution < 1.29 is 0 Å². The zero-order valence-corrected chi connectivity index (χ0v) is 12.2. The van der Waals surface area contributed by atoms with Gasteiger partial charge in [0.15, 0.2) is 5.16 Å². The molecule has 0 unspecified atom stereocenters. The summed E-state index contributed by atoms with van der Waals surface area (Å²) in [6, 6.07) is 8.23. The van der Waals surface area contributed by atoms with Crippen LogP contribution in [0.4, 0.5) is 11.5 Å². The molecule has 0 aliphatic rings. The molecule has 19 heavy (non-hydrogen) atoms. The van der Waals surface area contributed by atoms with Crippen molar-refractivity contribution in [3.05, 3.63) is 41.6 Å². The highest BCUT2D eigenvalue weighted by Crippen LogP contribution is 2.19. The Morgan fingerprint density at radius 3 is 2.74 bits per heavy atom. The molecule has 1 aromatic heterocycles. The third-order valence-corrected chi connectivity index (χ3v) is 3.44. The van der Waals surface area contributed by atoms with Gasteiger partial charge in [-0.05, 0) is 24.8 Å². The van der Waals surface area contributed by atoms with Gasteiger partial charge in [-0.15, -0.1) is 0 Å². The lowest BCUT2D eigenvalue weighted by Crippen LogP contribution is -2.07. The summed E-state index contributed by atoms with van der Waals surface area (Å²) in [7, 11) is 1.88. The van der Waals surface area contributed by atoms with E-state index in [2.05, 4.69) is 39.7 Å². The molecule has 2 aromatic rings. The van der Waals surface area contributed by atoms with Crippen LogP contribution in [-0.2, 0) is 6.54 Å². The molecule has 0 radical (unpaired) electrons. The Labute approximate surface area is 118 Å². The Balaban J connectivity index is 2.13. The van der Waals surface area contributed by atoms with Crippen molar-refractivity contribution in [2.45, 2.75) is 18.6 Å². The second-order valence-corrected chi connectivity index (χ2v) is 4.92. The minimum atomic E-state index is 0.704. The van der Waals surface area contributed by atoms with Crippen LogP contribution in [0.5, 0.6) is 0 Å². The molecular weight excluding hydrogens is 256 g/mol. The Morgan fingerprint density at radius 1 is 1.26 bits per heavy atom. The van der Waals surface area contributed by atoms with Crippen LogP contribution in [0, 0.1) is 6.92 Å².